The van der Waals surface area contributed by atoms with Crippen molar-refractivity contribution in [3.8, 4) is 5.75 Å². The molecule has 0 aliphatic carbocycles. The van der Waals surface area contributed by atoms with E-state index in [4.69, 9.17) is 9.47 Å². The summed E-state index contributed by atoms with van der Waals surface area (Å²) >= 11 is 0. The first-order chi connectivity index (χ1) is 11.7. The van der Waals surface area contributed by atoms with Gasteiger partial charge >= 0.3 is 5.97 Å². The molecule has 0 aromatic heterocycles. The molecule has 0 saturated carbocycles. The first kappa shape index (κ1) is 18.6. The van der Waals surface area contributed by atoms with Gasteiger partial charge in [0.15, 0.2) is 0 Å². The summed E-state index contributed by atoms with van der Waals surface area (Å²) in [5.41, 5.74) is 2.50. The summed E-state index contributed by atoms with van der Waals surface area (Å²) in [7, 11) is 3.18. The van der Waals surface area contributed by atoms with Crippen molar-refractivity contribution in [2.45, 2.75) is 64.3 Å². The van der Waals surface area contributed by atoms with Crippen LogP contribution in [0.4, 0.5) is 5.69 Å². The summed E-state index contributed by atoms with van der Waals surface area (Å²) in [5.74, 6) is 0.777. The summed E-state index contributed by atoms with van der Waals surface area (Å²) in [4.78, 5) is 14.1. The largest absolute Gasteiger partial charge is 0.497 e. The lowest BCUT2D eigenvalue weighted by atomic mass is 9.97. The zero-order chi connectivity index (χ0) is 17.4. The molecule has 0 amide bonds. The van der Waals surface area contributed by atoms with Gasteiger partial charge in [0.25, 0.3) is 0 Å². The Kier molecular flexibility index (Phi) is 7.41. The maximum absolute atomic E-state index is 11.7. The molecule has 0 bridgehead atoms. The highest BCUT2D eigenvalue weighted by Crippen LogP contribution is 2.31. The number of rotatable bonds is 8. The predicted molar refractivity (Wildman–Crippen MR) is 97.8 cm³/mol. The summed E-state index contributed by atoms with van der Waals surface area (Å²) in [6.07, 6.45) is 8.59. The van der Waals surface area contributed by atoms with E-state index < -0.39 is 0 Å². The average molecular weight is 333 g/mol. The number of hydrogen-bond donors (Lipinski definition) is 0. The highest BCUT2D eigenvalue weighted by Gasteiger charge is 2.26. The van der Waals surface area contributed by atoms with E-state index in [9.17, 15) is 4.79 Å². The van der Waals surface area contributed by atoms with Crippen LogP contribution in [0.5, 0.6) is 5.75 Å². The molecule has 1 aromatic rings. The van der Waals surface area contributed by atoms with E-state index in [1.54, 1.807) is 7.11 Å². The molecule has 1 aliphatic rings. The van der Waals surface area contributed by atoms with E-state index in [0.29, 0.717) is 6.42 Å². The van der Waals surface area contributed by atoms with E-state index in [-0.39, 0.29) is 12.0 Å². The van der Waals surface area contributed by atoms with Gasteiger partial charge < -0.3 is 14.4 Å². The van der Waals surface area contributed by atoms with Crippen molar-refractivity contribution in [3.05, 3.63) is 23.8 Å². The maximum Gasteiger partial charge on any atom is 0.307 e. The third kappa shape index (κ3) is 5.15. The minimum atomic E-state index is -0.127. The fourth-order valence-electron chi connectivity index (χ4n) is 3.48. The van der Waals surface area contributed by atoms with Gasteiger partial charge in [0, 0.05) is 24.3 Å². The molecule has 0 N–H and O–H groups in total. The van der Waals surface area contributed by atoms with Crippen LogP contribution >= 0.6 is 0 Å². The van der Waals surface area contributed by atoms with Crippen molar-refractivity contribution in [3.63, 3.8) is 0 Å². The Morgan fingerprint density at radius 1 is 1.21 bits per heavy atom. The summed E-state index contributed by atoms with van der Waals surface area (Å²) in [6.45, 7) is 3.21. The number of carbonyl (C=O) groups is 1. The number of piperidine rings is 1. The summed E-state index contributed by atoms with van der Waals surface area (Å²) in [5, 5.41) is 0. The van der Waals surface area contributed by atoms with Crippen molar-refractivity contribution in [2.75, 3.05) is 25.7 Å². The second-order valence-electron chi connectivity index (χ2n) is 6.62. The summed E-state index contributed by atoms with van der Waals surface area (Å²) in [6, 6.07) is 6.73. The molecule has 134 valence electrons. The van der Waals surface area contributed by atoms with Crippen LogP contribution in [0.15, 0.2) is 18.2 Å². The van der Waals surface area contributed by atoms with Gasteiger partial charge in [-0.1, -0.05) is 19.8 Å². The van der Waals surface area contributed by atoms with Gasteiger partial charge in [0.05, 0.1) is 20.6 Å². The quantitative estimate of drug-likeness (QED) is 0.524. The van der Waals surface area contributed by atoms with Crippen molar-refractivity contribution in [1.29, 1.82) is 0 Å². The van der Waals surface area contributed by atoms with E-state index in [2.05, 4.69) is 30.0 Å². The fraction of sp³-hybridized carbons (Fsp3) is 0.650. The highest BCUT2D eigenvalue weighted by atomic mass is 16.5. The number of carbonyl (C=O) groups excluding carboxylic acids is 1. The number of esters is 1. The second kappa shape index (κ2) is 9.55. The Morgan fingerprint density at radius 2 is 2.04 bits per heavy atom. The van der Waals surface area contributed by atoms with Crippen LogP contribution in [-0.2, 0) is 16.0 Å². The molecule has 1 fully saturated rings. The molecule has 2 rings (SSSR count). The van der Waals surface area contributed by atoms with Gasteiger partial charge in [-0.3, -0.25) is 4.79 Å². The van der Waals surface area contributed by atoms with E-state index in [1.165, 1.54) is 50.5 Å². The van der Waals surface area contributed by atoms with Gasteiger partial charge in [-0.2, -0.15) is 0 Å². The number of aryl methyl sites for hydroxylation is 1. The topological polar surface area (TPSA) is 38.8 Å². The van der Waals surface area contributed by atoms with Crippen LogP contribution in [0, 0.1) is 0 Å². The number of anilines is 1. The number of nitrogens with zero attached hydrogens (tertiary/aromatic N) is 1. The van der Waals surface area contributed by atoms with Gasteiger partial charge in [-0.05, 0) is 49.8 Å². The second-order valence-corrected chi connectivity index (χ2v) is 6.62. The van der Waals surface area contributed by atoms with Crippen molar-refractivity contribution >= 4 is 11.7 Å². The van der Waals surface area contributed by atoms with Crippen LogP contribution in [-0.4, -0.2) is 32.8 Å². The third-order valence-electron chi connectivity index (χ3n) is 4.84. The van der Waals surface area contributed by atoms with E-state index in [0.717, 1.165) is 25.1 Å². The molecule has 1 heterocycles. The molecule has 1 aromatic carbocycles. The minimum absolute atomic E-state index is 0.127. The monoisotopic (exact) mass is 333 g/mol. The average Bonchev–Trinajstić information content (AvgIpc) is 2.62. The minimum Gasteiger partial charge on any atom is -0.497 e. The number of benzene rings is 1. The smallest absolute Gasteiger partial charge is 0.307 e. The number of methoxy groups -OCH3 is 2. The molecule has 1 unspecified atom stereocenters. The molecule has 0 radical (unpaired) electrons. The Bertz CT molecular complexity index is 530. The standard InChI is InChI=1S/C20H31NO3/c1-4-5-6-9-16-12-18(14-19(13-16)23-2)21-11-8-7-10-17(21)15-20(22)24-3/h12-14,17H,4-11,15H2,1-3H3. The number of hydrogen-bond acceptors (Lipinski definition) is 4. The van der Waals surface area contributed by atoms with Crippen LogP contribution < -0.4 is 9.64 Å². The first-order valence-corrected chi connectivity index (χ1v) is 9.19. The Labute approximate surface area is 146 Å². The predicted octanol–water partition coefficient (Wildman–Crippen LogP) is 4.35. The Hall–Kier alpha value is -1.71. The van der Waals surface area contributed by atoms with Crippen LogP contribution in [0.2, 0.25) is 0 Å². The SMILES string of the molecule is CCCCCc1cc(OC)cc(N2CCCCC2CC(=O)OC)c1. The van der Waals surface area contributed by atoms with Gasteiger partial charge in [0.1, 0.15) is 5.75 Å². The molecule has 1 saturated heterocycles. The van der Waals surface area contributed by atoms with Gasteiger partial charge in [-0.25, -0.2) is 0 Å². The molecule has 1 aliphatic heterocycles. The molecular weight excluding hydrogens is 302 g/mol. The van der Waals surface area contributed by atoms with Gasteiger partial charge in [0.2, 0.25) is 0 Å². The molecule has 4 nitrogen and oxygen atoms in total. The number of ether oxygens (including phenoxy) is 2. The zero-order valence-electron chi connectivity index (χ0n) is 15.3. The van der Waals surface area contributed by atoms with Crippen LogP contribution in [0.1, 0.15) is 57.4 Å². The molecule has 24 heavy (non-hydrogen) atoms. The normalized spacial score (nSPS) is 17.6. The molecule has 1 atom stereocenters. The number of unbranched alkanes of at least 4 members (excludes halogenated alkanes) is 2. The maximum atomic E-state index is 11.7. The molecule has 0 spiro atoms. The fourth-order valence-corrected chi connectivity index (χ4v) is 3.48. The Balaban J connectivity index is 2.19. The summed E-state index contributed by atoms with van der Waals surface area (Å²) < 4.78 is 10.4. The van der Waals surface area contributed by atoms with Crippen LogP contribution in [0.25, 0.3) is 0 Å². The molecule has 4 heteroatoms. The van der Waals surface area contributed by atoms with Crippen molar-refractivity contribution < 1.29 is 14.3 Å². The lowest BCUT2D eigenvalue weighted by molar-refractivity contribution is -0.141. The Morgan fingerprint density at radius 3 is 2.75 bits per heavy atom. The van der Waals surface area contributed by atoms with E-state index in [1.807, 2.05) is 0 Å². The lowest BCUT2D eigenvalue weighted by Crippen LogP contribution is -2.41. The van der Waals surface area contributed by atoms with E-state index >= 15 is 0 Å². The zero-order valence-corrected chi connectivity index (χ0v) is 15.3. The van der Waals surface area contributed by atoms with Gasteiger partial charge in [-0.15, -0.1) is 0 Å². The van der Waals surface area contributed by atoms with Crippen LogP contribution in [0.3, 0.4) is 0 Å². The van der Waals surface area contributed by atoms with Crippen molar-refractivity contribution in [2.24, 2.45) is 0 Å². The van der Waals surface area contributed by atoms with Crippen molar-refractivity contribution in [1.82, 2.24) is 0 Å². The molecular formula is C20H31NO3. The lowest BCUT2D eigenvalue weighted by Gasteiger charge is -2.37. The first-order valence-electron chi connectivity index (χ1n) is 9.19. The highest BCUT2D eigenvalue weighted by molar-refractivity contribution is 5.71. The third-order valence-corrected chi connectivity index (χ3v) is 4.84.